The third-order valence-electron chi connectivity index (χ3n) is 2.84. The molecule has 18 heavy (non-hydrogen) atoms. The number of halogens is 2. The van der Waals surface area contributed by atoms with Crippen molar-refractivity contribution >= 4 is 5.97 Å². The van der Waals surface area contributed by atoms with E-state index in [0.29, 0.717) is 6.42 Å². The molecule has 0 aromatic carbocycles. The highest BCUT2D eigenvalue weighted by Gasteiger charge is 2.50. The maximum atomic E-state index is 12.9. The Morgan fingerprint density at radius 3 is 2.94 bits per heavy atom. The average molecular weight is 259 g/mol. The van der Waals surface area contributed by atoms with Crippen LogP contribution in [0.2, 0.25) is 0 Å². The van der Waals surface area contributed by atoms with Gasteiger partial charge in [0.15, 0.2) is 0 Å². The van der Waals surface area contributed by atoms with E-state index in [0.717, 1.165) is 5.76 Å². The number of ether oxygens (including phenoxy) is 1. The Labute approximate surface area is 103 Å². The van der Waals surface area contributed by atoms with Crippen LogP contribution in [0.25, 0.3) is 0 Å². The number of furan rings is 1. The van der Waals surface area contributed by atoms with Gasteiger partial charge in [0.2, 0.25) is 0 Å². The molecular formula is C12H15F2NO3. The summed E-state index contributed by atoms with van der Waals surface area (Å²) in [5, 5.41) is 3.05. The third-order valence-corrected chi connectivity index (χ3v) is 2.84. The largest absolute Gasteiger partial charge is 0.469 e. The molecule has 1 aromatic rings. The van der Waals surface area contributed by atoms with Crippen LogP contribution in [0.1, 0.15) is 19.1 Å². The molecule has 0 aliphatic carbocycles. The van der Waals surface area contributed by atoms with E-state index in [1.807, 2.05) is 13.0 Å². The van der Waals surface area contributed by atoms with Crippen LogP contribution < -0.4 is 5.32 Å². The van der Waals surface area contributed by atoms with E-state index in [4.69, 9.17) is 4.42 Å². The Kier molecular flexibility index (Phi) is 3.65. The van der Waals surface area contributed by atoms with Crippen LogP contribution in [0.3, 0.4) is 0 Å². The summed E-state index contributed by atoms with van der Waals surface area (Å²) < 4.78 is 35.6. The minimum absolute atomic E-state index is 0.0593. The molecule has 0 bridgehead atoms. The molecule has 0 amide bonds. The highest BCUT2D eigenvalue weighted by atomic mass is 19.3. The molecule has 0 radical (unpaired) electrons. The van der Waals surface area contributed by atoms with Crippen molar-refractivity contribution in [2.45, 2.75) is 37.8 Å². The molecule has 1 fully saturated rings. The SMILES string of the molecule is CC(Cc1ccco1)NCC1CC(F)(F)C(=O)O1. The van der Waals surface area contributed by atoms with Gasteiger partial charge < -0.3 is 14.5 Å². The minimum atomic E-state index is -3.34. The number of hydrogen-bond acceptors (Lipinski definition) is 4. The molecule has 2 atom stereocenters. The minimum Gasteiger partial charge on any atom is -0.469 e. The van der Waals surface area contributed by atoms with E-state index in [-0.39, 0.29) is 12.6 Å². The second kappa shape index (κ2) is 5.06. The van der Waals surface area contributed by atoms with Crippen LogP contribution in [0.5, 0.6) is 0 Å². The molecular weight excluding hydrogens is 244 g/mol. The Morgan fingerprint density at radius 2 is 2.39 bits per heavy atom. The predicted molar refractivity (Wildman–Crippen MR) is 59.3 cm³/mol. The summed E-state index contributed by atoms with van der Waals surface area (Å²) >= 11 is 0. The van der Waals surface area contributed by atoms with Crippen LogP contribution in [0.15, 0.2) is 22.8 Å². The van der Waals surface area contributed by atoms with E-state index >= 15 is 0 Å². The Bertz CT molecular complexity index is 405. The van der Waals surface area contributed by atoms with Crippen molar-refractivity contribution in [2.75, 3.05) is 6.54 Å². The number of nitrogens with one attached hydrogen (secondary N) is 1. The quantitative estimate of drug-likeness (QED) is 0.818. The maximum absolute atomic E-state index is 12.9. The van der Waals surface area contributed by atoms with Gasteiger partial charge in [-0.3, -0.25) is 0 Å². The summed E-state index contributed by atoms with van der Waals surface area (Å²) in [5.74, 6) is -3.94. The number of carbonyl (C=O) groups is 1. The Morgan fingerprint density at radius 1 is 1.61 bits per heavy atom. The van der Waals surface area contributed by atoms with Gasteiger partial charge in [-0.2, -0.15) is 8.78 Å². The Balaban J connectivity index is 1.74. The molecule has 0 spiro atoms. The first kappa shape index (κ1) is 13.0. The number of rotatable bonds is 5. The lowest BCUT2D eigenvalue weighted by molar-refractivity contribution is -0.159. The molecule has 100 valence electrons. The standard InChI is InChI=1S/C12H15F2NO3/c1-8(5-9-3-2-4-17-9)15-7-10-6-12(13,14)11(16)18-10/h2-4,8,10,15H,5-7H2,1H3. The highest BCUT2D eigenvalue weighted by Crippen LogP contribution is 2.30. The average Bonchev–Trinajstić information content (AvgIpc) is 2.85. The lowest BCUT2D eigenvalue weighted by atomic mass is 10.1. The smallest absolute Gasteiger partial charge is 0.377 e. The Hall–Kier alpha value is -1.43. The first-order valence-electron chi connectivity index (χ1n) is 5.82. The van der Waals surface area contributed by atoms with Gasteiger partial charge in [-0.1, -0.05) is 0 Å². The summed E-state index contributed by atoms with van der Waals surface area (Å²) in [6.07, 6.45) is 0.934. The van der Waals surface area contributed by atoms with Crippen molar-refractivity contribution in [1.82, 2.24) is 5.32 Å². The van der Waals surface area contributed by atoms with Crippen molar-refractivity contribution < 1.29 is 22.7 Å². The van der Waals surface area contributed by atoms with Gasteiger partial charge >= 0.3 is 11.9 Å². The van der Waals surface area contributed by atoms with E-state index in [1.54, 1.807) is 12.3 Å². The van der Waals surface area contributed by atoms with Crippen molar-refractivity contribution in [3.8, 4) is 0 Å². The molecule has 2 heterocycles. The van der Waals surface area contributed by atoms with E-state index < -0.39 is 24.4 Å². The van der Waals surface area contributed by atoms with Gasteiger partial charge in [0, 0.05) is 19.0 Å². The van der Waals surface area contributed by atoms with Crippen molar-refractivity contribution in [3.63, 3.8) is 0 Å². The highest BCUT2D eigenvalue weighted by molar-refractivity contribution is 5.79. The molecule has 1 aliphatic heterocycles. The van der Waals surface area contributed by atoms with Crippen molar-refractivity contribution in [3.05, 3.63) is 24.2 Å². The second-order valence-corrected chi connectivity index (χ2v) is 4.53. The van der Waals surface area contributed by atoms with Crippen LogP contribution in [0, 0.1) is 0 Å². The molecule has 6 heteroatoms. The summed E-state index contributed by atoms with van der Waals surface area (Å²) in [4.78, 5) is 10.8. The lowest BCUT2D eigenvalue weighted by Crippen LogP contribution is -2.35. The fourth-order valence-electron chi connectivity index (χ4n) is 1.90. The zero-order chi connectivity index (χ0) is 13.2. The molecule has 4 nitrogen and oxygen atoms in total. The first-order chi connectivity index (χ1) is 8.47. The van der Waals surface area contributed by atoms with Crippen LogP contribution >= 0.6 is 0 Å². The summed E-state index contributed by atoms with van der Waals surface area (Å²) in [5.41, 5.74) is 0. The van der Waals surface area contributed by atoms with Crippen molar-refractivity contribution in [2.24, 2.45) is 0 Å². The van der Waals surface area contributed by atoms with Crippen LogP contribution in [0.4, 0.5) is 8.78 Å². The van der Waals surface area contributed by atoms with Gasteiger partial charge in [0.25, 0.3) is 0 Å². The number of esters is 1. The van der Waals surface area contributed by atoms with Gasteiger partial charge in [0.1, 0.15) is 11.9 Å². The predicted octanol–water partition coefficient (Wildman–Crippen LogP) is 1.75. The molecule has 0 saturated carbocycles. The summed E-state index contributed by atoms with van der Waals surface area (Å²) in [6.45, 7) is 2.14. The normalized spacial score (nSPS) is 23.9. The lowest BCUT2D eigenvalue weighted by Gasteiger charge is -2.15. The van der Waals surface area contributed by atoms with Gasteiger partial charge in [-0.15, -0.1) is 0 Å². The summed E-state index contributed by atoms with van der Waals surface area (Å²) in [6, 6.07) is 3.70. The number of alkyl halides is 2. The molecule has 2 rings (SSSR count). The molecule has 2 unspecified atom stereocenters. The number of cyclic esters (lactones) is 1. The van der Waals surface area contributed by atoms with Crippen molar-refractivity contribution in [1.29, 1.82) is 0 Å². The van der Waals surface area contributed by atoms with Gasteiger partial charge in [-0.25, -0.2) is 4.79 Å². The zero-order valence-corrected chi connectivity index (χ0v) is 9.99. The fraction of sp³-hybridized carbons (Fsp3) is 0.583. The second-order valence-electron chi connectivity index (χ2n) is 4.53. The van der Waals surface area contributed by atoms with Crippen LogP contribution in [-0.2, 0) is 16.0 Å². The van der Waals surface area contributed by atoms with Gasteiger partial charge in [0.05, 0.1) is 12.7 Å². The first-order valence-corrected chi connectivity index (χ1v) is 5.82. The number of carbonyl (C=O) groups excluding carboxylic acids is 1. The third kappa shape index (κ3) is 3.07. The maximum Gasteiger partial charge on any atom is 0.377 e. The topological polar surface area (TPSA) is 51.5 Å². The summed E-state index contributed by atoms with van der Waals surface area (Å²) in [7, 11) is 0. The van der Waals surface area contributed by atoms with Gasteiger partial charge in [-0.05, 0) is 19.1 Å². The van der Waals surface area contributed by atoms with E-state index in [1.165, 1.54) is 0 Å². The molecule has 1 aliphatic rings. The van der Waals surface area contributed by atoms with E-state index in [9.17, 15) is 13.6 Å². The fourth-order valence-corrected chi connectivity index (χ4v) is 1.90. The molecule has 1 N–H and O–H groups in total. The molecule has 1 aromatic heterocycles. The zero-order valence-electron chi connectivity index (χ0n) is 9.99. The number of hydrogen-bond donors (Lipinski definition) is 1. The molecule has 1 saturated heterocycles. The monoisotopic (exact) mass is 259 g/mol. The van der Waals surface area contributed by atoms with E-state index in [2.05, 4.69) is 10.1 Å². The van der Waals surface area contributed by atoms with Crippen LogP contribution in [-0.4, -0.2) is 30.6 Å².